The molecule has 4 atom stereocenters. The standard InChI is InChI=1S/C11H15ClO2/c1-6-7-3-8(4-9(6)12)11(2,5-7)10(13)14/h4,6-8H,3,5H2,1-2H3,(H,13,14). The molecule has 0 aliphatic heterocycles. The Bertz CT molecular complexity index is 310. The van der Waals surface area contributed by atoms with E-state index < -0.39 is 11.4 Å². The van der Waals surface area contributed by atoms with Crippen LogP contribution in [-0.2, 0) is 4.79 Å². The Morgan fingerprint density at radius 3 is 2.93 bits per heavy atom. The molecule has 14 heavy (non-hydrogen) atoms. The number of aliphatic carboxylic acids is 1. The van der Waals surface area contributed by atoms with Crippen molar-refractivity contribution in [2.45, 2.75) is 26.7 Å². The minimum absolute atomic E-state index is 0.133. The highest BCUT2D eigenvalue weighted by Gasteiger charge is 2.52. The summed E-state index contributed by atoms with van der Waals surface area (Å²) >= 11 is 6.10. The summed E-state index contributed by atoms with van der Waals surface area (Å²) in [6, 6.07) is 0. The molecule has 0 aromatic heterocycles. The lowest BCUT2D eigenvalue weighted by Gasteiger charge is -2.25. The molecule has 2 rings (SSSR count). The third-order valence-corrected chi connectivity index (χ3v) is 4.52. The zero-order valence-corrected chi connectivity index (χ0v) is 9.21. The fourth-order valence-corrected chi connectivity index (χ4v) is 3.14. The molecule has 2 nitrogen and oxygen atoms in total. The highest BCUT2D eigenvalue weighted by atomic mass is 35.5. The van der Waals surface area contributed by atoms with Crippen LogP contribution in [0.4, 0.5) is 0 Å². The van der Waals surface area contributed by atoms with Gasteiger partial charge in [0.15, 0.2) is 0 Å². The van der Waals surface area contributed by atoms with Crippen LogP contribution in [0, 0.1) is 23.2 Å². The summed E-state index contributed by atoms with van der Waals surface area (Å²) in [5.74, 6) is 0.251. The predicted octanol–water partition coefficient (Wildman–Crippen LogP) is 2.88. The Morgan fingerprint density at radius 2 is 2.36 bits per heavy atom. The largest absolute Gasteiger partial charge is 0.481 e. The van der Waals surface area contributed by atoms with E-state index in [1.165, 1.54) is 0 Å². The number of rotatable bonds is 1. The van der Waals surface area contributed by atoms with Crippen molar-refractivity contribution in [1.82, 2.24) is 0 Å². The zero-order chi connectivity index (χ0) is 10.5. The SMILES string of the molecule is CC1C(Cl)=CC2CC1CC2(C)C(=O)O. The molecule has 0 saturated heterocycles. The number of allylic oxidation sites excluding steroid dienone is 2. The number of halogens is 1. The predicted molar refractivity (Wildman–Crippen MR) is 55.1 cm³/mol. The van der Waals surface area contributed by atoms with Gasteiger partial charge in [0.1, 0.15) is 0 Å². The summed E-state index contributed by atoms with van der Waals surface area (Å²) in [6.07, 6.45) is 3.71. The molecule has 0 aromatic carbocycles. The number of hydrogen-bond donors (Lipinski definition) is 1. The molecule has 0 amide bonds. The number of carboxylic acids is 1. The Kier molecular flexibility index (Phi) is 2.15. The molecule has 3 heteroatoms. The molecular formula is C11H15ClO2. The minimum Gasteiger partial charge on any atom is -0.481 e. The lowest BCUT2D eigenvalue weighted by Crippen LogP contribution is -2.30. The van der Waals surface area contributed by atoms with E-state index in [1.54, 1.807) is 0 Å². The third kappa shape index (κ3) is 1.20. The topological polar surface area (TPSA) is 37.3 Å². The van der Waals surface area contributed by atoms with Gasteiger partial charge in [0, 0.05) is 5.03 Å². The van der Waals surface area contributed by atoms with Gasteiger partial charge in [-0.25, -0.2) is 0 Å². The second kappa shape index (κ2) is 2.99. The number of carbonyl (C=O) groups is 1. The van der Waals surface area contributed by atoms with Crippen molar-refractivity contribution >= 4 is 17.6 Å². The Labute approximate surface area is 88.9 Å². The van der Waals surface area contributed by atoms with Crippen LogP contribution >= 0.6 is 11.6 Å². The Morgan fingerprint density at radius 1 is 1.71 bits per heavy atom. The van der Waals surface area contributed by atoms with E-state index >= 15 is 0 Å². The second-order valence-corrected chi connectivity index (χ2v) is 5.31. The smallest absolute Gasteiger partial charge is 0.309 e. The normalized spacial score (nSPS) is 46.2. The molecule has 0 aromatic rings. The van der Waals surface area contributed by atoms with E-state index in [2.05, 4.69) is 6.92 Å². The van der Waals surface area contributed by atoms with Crippen molar-refractivity contribution in [3.63, 3.8) is 0 Å². The van der Waals surface area contributed by atoms with E-state index in [4.69, 9.17) is 11.6 Å². The van der Waals surface area contributed by atoms with Gasteiger partial charge in [-0.1, -0.05) is 24.6 Å². The summed E-state index contributed by atoms with van der Waals surface area (Å²) in [5.41, 5.74) is -0.588. The van der Waals surface area contributed by atoms with Crippen molar-refractivity contribution in [3.05, 3.63) is 11.1 Å². The van der Waals surface area contributed by atoms with Gasteiger partial charge in [-0.05, 0) is 37.5 Å². The van der Waals surface area contributed by atoms with Crippen molar-refractivity contribution < 1.29 is 9.90 Å². The van der Waals surface area contributed by atoms with Crippen molar-refractivity contribution in [1.29, 1.82) is 0 Å². The Balaban J connectivity index is 2.36. The summed E-state index contributed by atoms with van der Waals surface area (Å²) < 4.78 is 0. The fourth-order valence-electron chi connectivity index (χ4n) is 2.81. The van der Waals surface area contributed by atoms with Crippen LogP contribution in [0.2, 0.25) is 0 Å². The van der Waals surface area contributed by atoms with E-state index in [0.717, 1.165) is 17.9 Å². The van der Waals surface area contributed by atoms with E-state index in [9.17, 15) is 9.90 Å². The number of hydrogen-bond acceptors (Lipinski definition) is 1. The molecule has 1 N–H and O–H groups in total. The maximum absolute atomic E-state index is 11.2. The van der Waals surface area contributed by atoms with Crippen LogP contribution in [-0.4, -0.2) is 11.1 Å². The molecule has 2 aliphatic carbocycles. The average molecular weight is 215 g/mol. The highest BCUT2D eigenvalue weighted by molar-refractivity contribution is 6.30. The van der Waals surface area contributed by atoms with Crippen LogP contribution in [0.3, 0.4) is 0 Å². The third-order valence-electron chi connectivity index (χ3n) is 4.05. The van der Waals surface area contributed by atoms with E-state index in [0.29, 0.717) is 11.8 Å². The molecule has 0 heterocycles. The molecular weight excluding hydrogens is 200 g/mol. The highest BCUT2D eigenvalue weighted by Crippen LogP contribution is 2.55. The van der Waals surface area contributed by atoms with Gasteiger partial charge >= 0.3 is 5.97 Å². The molecule has 78 valence electrons. The summed E-state index contributed by atoms with van der Waals surface area (Å²) in [5, 5.41) is 10.1. The molecule has 4 unspecified atom stereocenters. The van der Waals surface area contributed by atoms with Gasteiger partial charge in [0.05, 0.1) is 5.41 Å². The number of fused-ring (bicyclic) bond motifs is 2. The first-order valence-electron chi connectivity index (χ1n) is 5.06. The molecule has 1 fully saturated rings. The van der Waals surface area contributed by atoms with Crippen LogP contribution in [0.25, 0.3) is 0 Å². The summed E-state index contributed by atoms with van der Waals surface area (Å²) in [6.45, 7) is 3.94. The van der Waals surface area contributed by atoms with Crippen molar-refractivity contribution in [2.75, 3.05) is 0 Å². The maximum Gasteiger partial charge on any atom is 0.309 e. The van der Waals surface area contributed by atoms with Crippen LogP contribution in [0.5, 0.6) is 0 Å². The molecule has 1 saturated carbocycles. The maximum atomic E-state index is 11.2. The van der Waals surface area contributed by atoms with Crippen molar-refractivity contribution in [3.8, 4) is 0 Å². The zero-order valence-electron chi connectivity index (χ0n) is 8.46. The lowest BCUT2D eigenvalue weighted by molar-refractivity contribution is -0.149. The number of carboxylic acid groups (broad SMARTS) is 1. The molecule has 0 spiro atoms. The van der Waals surface area contributed by atoms with Gasteiger partial charge in [0.25, 0.3) is 0 Å². The second-order valence-electron chi connectivity index (χ2n) is 4.87. The first kappa shape index (κ1) is 10.0. The van der Waals surface area contributed by atoms with Gasteiger partial charge < -0.3 is 5.11 Å². The van der Waals surface area contributed by atoms with Gasteiger partial charge in [-0.2, -0.15) is 0 Å². The lowest BCUT2D eigenvalue weighted by atomic mass is 9.80. The van der Waals surface area contributed by atoms with E-state index in [-0.39, 0.29) is 5.92 Å². The van der Waals surface area contributed by atoms with Gasteiger partial charge in [0.2, 0.25) is 0 Å². The summed E-state index contributed by atoms with van der Waals surface area (Å²) in [7, 11) is 0. The molecule has 2 aliphatic rings. The molecule has 0 radical (unpaired) electrons. The average Bonchev–Trinajstić information content (AvgIpc) is 2.39. The summed E-state index contributed by atoms with van der Waals surface area (Å²) in [4.78, 5) is 11.2. The van der Waals surface area contributed by atoms with E-state index in [1.807, 2.05) is 13.0 Å². The monoisotopic (exact) mass is 214 g/mol. The fraction of sp³-hybridized carbons (Fsp3) is 0.727. The van der Waals surface area contributed by atoms with Gasteiger partial charge in [-0.15, -0.1) is 0 Å². The van der Waals surface area contributed by atoms with Gasteiger partial charge in [-0.3, -0.25) is 4.79 Å². The first-order valence-corrected chi connectivity index (χ1v) is 5.43. The van der Waals surface area contributed by atoms with Crippen LogP contribution < -0.4 is 0 Å². The van der Waals surface area contributed by atoms with Crippen LogP contribution in [0.1, 0.15) is 26.7 Å². The first-order chi connectivity index (χ1) is 6.45. The molecule has 2 bridgehead atoms. The Hall–Kier alpha value is -0.500. The van der Waals surface area contributed by atoms with Crippen molar-refractivity contribution in [2.24, 2.45) is 23.2 Å². The minimum atomic E-state index is -0.681. The quantitative estimate of drug-likeness (QED) is 0.729. The van der Waals surface area contributed by atoms with Crippen LogP contribution in [0.15, 0.2) is 11.1 Å².